The van der Waals surface area contributed by atoms with Crippen LogP contribution in [0.5, 0.6) is 0 Å². The van der Waals surface area contributed by atoms with Crippen LogP contribution in [0, 0.1) is 0 Å². The number of anilines is 1. The molecule has 2 aromatic carbocycles. The minimum atomic E-state index is -4.57. The zero-order valence-electron chi connectivity index (χ0n) is 14.6. The van der Waals surface area contributed by atoms with Crippen molar-refractivity contribution in [1.29, 1.82) is 0 Å². The first-order valence-corrected chi connectivity index (χ1v) is 8.86. The number of nitrogens with zero attached hydrogens (tertiary/aromatic N) is 3. The minimum absolute atomic E-state index is 0.0492. The van der Waals surface area contributed by atoms with Gasteiger partial charge in [-0.1, -0.05) is 42.5 Å². The average Bonchev–Trinajstić information content (AvgIpc) is 3.08. The molecular formula is C20H19F3N4. The molecule has 0 radical (unpaired) electrons. The van der Waals surface area contributed by atoms with Gasteiger partial charge in [0, 0.05) is 31.1 Å². The van der Waals surface area contributed by atoms with Crippen molar-refractivity contribution in [1.82, 2.24) is 14.9 Å². The lowest BCUT2D eigenvalue weighted by Crippen LogP contribution is -2.27. The third-order valence-corrected chi connectivity index (χ3v) is 4.72. The number of para-hydroxylation sites is 1. The maximum Gasteiger partial charge on any atom is 0.451 e. The lowest BCUT2D eigenvalue weighted by molar-refractivity contribution is -0.144. The Morgan fingerprint density at radius 1 is 1.00 bits per heavy atom. The SMILES string of the molecule is FC(F)(F)c1nc(NC2CCN(Cc3ccccc3)C2)c2ccccc2n1. The Morgan fingerprint density at radius 3 is 2.52 bits per heavy atom. The maximum absolute atomic E-state index is 13.2. The highest BCUT2D eigenvalue weighted by Gasteiger charge is 2.36. The van der Waals surface area contributed by atoms with E-state index in [2.05, 4.69) is 32.3 Å². The van der Waals surface area contributed by atoms with E-state index in [9.17, 15) is 13.2 Å². The molecule has 1 aromatic heterocycles. The highest BCUT2D eigenvalue weighted by Crippen LogP contribution is 2.31. The van der Waals surface area contributed by atoms with Gasteiger partial charge in [-0.25, -0.2) is 9.97 Å². The quantitative estimate of drug-likeness (QED) is 0.740. The Bertz CT molecular complexity index is 927. The van der Waals surface area contributed by atoms with E-state index in [-0.39, 0.29) is 11.9 Å². The third-order valence-electron chi connectivity index (χ3n) is 4.72. The second kappa shape index (κ2) is 7.15. The fraction of sp³-hybridized carbons (Fsp3) is 0.300. The number of aromatic nitrogens is 2. The predicted molar refractivity (Wildman–Crippen MR) is 98.3 cm³/mol. The number of hydrogen-bond donors (Lipinski definition) is 1. The van der Waals surface area contributed by atoms with Crippen molar-refractivity contribution >= 4 is 16.7 Å². The van der Waals surface area contributed by atoms with Gasteiger partial charge in [0.1, 0.15) is 5.82 Å². The molecule has 0 saturated carbocycles. The number of nitrogens with one attached hydrogen (secondary N) is 1. The van der Waals surface area contributed by atoms with E-state index in [0.717, 1.165) is 26.1 Å². The van der Waals surface area contributed by atoms with E-state index >= 15 is 0 Å². The number of rotatable bonds is 4. The molecule has 1 aliphatic heterocycles. The van der Waals surface area contributed by atoms with Crippen molar-refractivity contribution in [2.24, 2.45) is 0 Å². The van der Waals surface area contributed by atoms with E-state index in [1.165, 1.54) is 5.56 Å². The first-order valence-electron chi connectivity index (χ1n) is 8.86. The van der Waals surface area contributed by atoms with Crippen molar-refractivity contribution < 1.29 is 13.2 Å². The van der Waals surface area contributed by atoms with Gasteiger partial charge < -0.3 is 5.32 Å². The van der Waals surface area contributed by atoms with Crippen molar-refractivity contribution in [3.05, 3.63) is 66.0 Å². The monoisotopic (exact) mass is 372 g/mol. The van der Waals surface area contributed by atoms with Crippen LogP contribution in [-0.4, -0.2) is 34.0 Å². The highest BCUT2D eigenvalue weighted by atomic mass is 19.4. The predicted octanol–water partition coefficient (Wildman–Crippen LogP) is 4.34. The van der Waals surface area contributed by atoms with Crippen LogP contribution in [0.4, 0.5) is 19.0 Å². The van der Waals surface area contributed by atoms with Crippen LogP contribution in [0.1, 0.15) is 17.8 Å². The summed E-state index contributed by atoms with van der Waals surface area (Å²) in [4.78, 5) is 9.74. The number of alkyl halides is 3. The van der Waals surface area contributed by atoms with Gasteiger partial charge in [-0.05, 0) is 24.1 Å². The van der Waals surface area contributed by atoms with Crippen LogP contribution in [0.3, 0.4) is 0 Å². The molecule has 1 fully saturated rings. The molecule has 1 aliphatic rings. The van der Waals surface area contributed by atoms with Gasteiger partial charge >= 0.3 is 6.18 Å². The number of fused-ring (bicyclic) bond motifs is 1. The molecule has 0 aliphatic carbocycles. The Balaban J connectivity index is 1.53. The van der Waals surface area contributed by atoms with Crippen molar-refractivity contribution in [2.45, 2.75) is 25.2 Å². The topological polar surface area (TPSA) is 41.1 Å². The van der Waals surface area contributed by atoms with E-state index in [4.69, 9.17) is 0 Å². The molecule has 27 heavy (non-hydrogen) atoms. The summed E-state index contributed by atoms with van der Waals surface area (Å²) in [5, 5.41) is 3.82. The van der Waals surface area contributed by atoms with Crippen LogP contribution in [0.15, 0.2) is 54.6 Å². The van der Waals surface area contributed by atoms with Crippen LogP contribution in [-0.2, 0) is 12.7 Å². The van der Waals surface area contributed by atoms with Crippen LogP contribution in [0.2, 0.25) is 0 Å². The highest BCUT2D eigenvalue weighted by molar-refractivity contribution is 5.89. The number of benzene rings is 2. The number of likely N-dealkylation sites (tertiary alicyclic amines) is 1. The van der Waals surface area contributed by atoms with Gasteiger partial charge in [0.2, 0.25) is 5.82 Å². The van der Waals surface area contributed by atoms with Gasteiger partial charge in [-0.3, -0.25) is 4.90 Å². The van der Waals surface area contributed by atoms with Crippen LogP contribution in [0.25, 0.3) is 10.9 Å². The summed E-state index contributed by atoms with van der Waals surface area (Å²) in [5.41, 5.74) is 1.52. The standard InChI is InChI=1S/C20H19F3N4/c21-20(22,23)19-25-17-9-5-4-8-16(17)18(26-19)24-15-10-11-27(13-15)12-14-6-2-1-3-7-14/h1-9,15H,10-13H2,(H,24,25,26). The Labute approximate surface area is 155 Å². The van der Waals surface area contributed by atoms with Crippen molar-refractivity contribution in [3.8, 4) is 0 Å². The molecular weight excluding hydrogens is 353 g/mol. The second-order valence-corrected chi connectivity index (χ2v) is 6.76. The zero-order chi connectivity index (χ0) is 18.9. The summed E-state index contributed by atoms with van der Waals surface area (Å²) in [5.74, 6) is -0.859. The van der Waals surface area contributed by atoms with Crippen molar-refractivity contribution in [3.63, 3.8) is 0 Å². The normalized spacial score (nSPS) is 18.1. The molecule has 1 atom stereocenters. The molecule has 4 rings (SSSR count). The lowest BCUT2D eigenvalue weighted by Gasteiger charge is -2.18. The minimum Gasteiger partial charge on any atom is -0.365 e. The molecule has 1 unspecified atom stereocenters. The largest absolute Gasteiger partial charge is 0.451 e. The second-order valence-electron chi connectivity index (χ2n) is 6.76. The molecule has 0 amide bonds. The molecule has 2 heterocycles. The van der Waals surface area contributed by atoms with Crippen LogP contribution >= 0.6 is 0 Å². The van der Waals surface area contributed by atoms with Gasteiger partial charge in [-0.15, -0.1) is 0 Å². The zero-order valence-corrected chi connectivity index (χ0v) is 14.6. The molecule has 1 N–H and O–H groups in total. The van der Waals surface area contributed by atoms with Gasteiger partial charge in [0.05, 0.1) is 5.52 Å². The summed E-state index contributed by atoms with van der Waals surface area (Å²) < 4.78 is 39.5. The summed E-state index contributed by atoms with van der Waals surface area (Å²) >= 11 is 0. The first kappa shape index (κ1) is 17.7. The fourth-order valence-electron chi connectivity index (χ4n) is 3.44. The molecule has 1 saturated heterocycles. The summed E-state index contributed by atoms with van der Waals surface area (Å²) in [6.45, 7) is 2.48. The number of halogens is 3. The number of hydrogen-bond acceptors (Lipinski definition) is 4. The summed E-state index contributed by atoms with van der Waals surface area (Å²) in [6.07, 6.45) is -3.72. The third kappa shape index (κ3) is 4.03. The Hall–Kier alpha value is -2.67. The fourth-order valence-corrected chi connectivity index (χ4v) is 3.44. The van der Waals surface area contributed by atoms with Gasteiger partial charge in [0.25, 0.3) is 0 Å². The average molecular weight is 372 g/mol. The lowest BCUT2D eigenvalue weighted by atomic mass is 10.2. The van der Waals surface area contributed by atoms with Gasteiger partial charge in [-0.2, -0.15) is 13.2 Å². The van der Waals surface area contributed by atoms with Crippen molar-refractivity contribution in [2.75, 3.05) is 18.4 Å². The maximum atomic E-state index is 13.2. The molecule has 140 valence electrons. The smallest absolute Gasteiger partial charge is 0.365 e. The molecule has 0 bridgehead atoms. The molecule has 7 heteroatoms. The molecule has 0 spiro atoms. The Kier molecular flexibility index (Phi) is 4.70. The Morgan fingerprint density at radius 2 is 1.74 bits per heavy atom. The van der Waals surface area contributed by atoms with E-state index < -0.39 is 12.0 Å². The first-order chi connectivity index (χ1) is 13.0. The van der Waals surface area contributed by atoms with Gasteiger partial charge in [0.15, 0.2) is 0 Å². The molecule has 3 aromatic rings. The summed E-state index contributed by atoms with van der Waals surface area (Å²) in [7, 11) is 0. The summed E-state index contributed by atoms with van der Waals surface area (Å²) in [6, 6.07) is 17.0. The van der Waals surface area contributed by atoms with E-state index in [0.29, 0.717) is 10.9 Å². The van der Waals surface area contributed by atoms with E-state index in [1.807, 2.05) is 18.2 Å². The molecule has 4 nitrogen and oxygen atoms in total. The van der Waals surface area contributed by atoms with Crippen LogP contribution < -0.4 is 5.32 Å². The van der Waals surface area contributed by atoms with E-state index in [1.54, 1.807) is 24.3 Å².